The molecule has 0 aliphatic carbocycles. The van der Waals surface area contributed by atoms with Gasteiger partial charge in [-0.3, -0.25) is 0 Å². The van der Waals surface area contributed by atoms with E-state index in [-0.39, 0.29) is 24.0 Å². The van der Waals surface area contributed by atoms with Gasteiger partial charge in [-0.15, -0.1) is 24.0 Å². The Bertz CT molecular complexity index is 1020. The van der Waals surface area contributed by atoms with Crippen molar-refractivity contribution in [3.63, 3.8) is 0 Å². The molecule has 0 amide bonds. The van der Waals surface area contributed by atoms with E-state index in [1.54, 1.807) is 7.11 Å². The monoisotopic (exact) mass is 551 g/mol. The van der Waals surface area contributed by atoms with Crippen molar-refractivity contribution in [1.29, 1.82) is 0 Å². The SMILES string of the molecule is CCNC(=NCc1ccc(C)cc1OCCCOC)NCc1nc2ccccc2n1C.I. The van der Waals surface area contributed by atoms with Gasteiger partial charge in [-0.25, -0.2) is 9.98 Å². The lowest BCUT2D eigenvalue weighted by atomic mass is 10.1. The van der Waals surface area contributed by atoms with Crippen LogP contribution in [0.25, 0.3) is 11.0 Å². The molecule has 8 heteroatoms. The van der Waals surface area contributed by atoms with Gasteiger partial charge in [0.15, 0.2) is 5.96 Å². The third kappa shape index (κ3) is 7.09. The van der Waals surface area contributed by atoms with Crippen LogP contribution in [0.4, 0.5) is 0 Å². The molecular weight excluding hydrogens is 517 g/mol. The lowest BCUT2D eigenvalue weighted by molar-refractivity contribution is 0.172. The highest BCUT2D eigenvalue weighted by Gasteiger charge is 2.09. The van der Waals surface area contributed by atoms with Crippen molar-refractivity contribution in [2.75, 3.05) is 26.9 Å². The zero-order chi connectivity index (χ0) is 22.1. The van der Waals surface area contributed by atoms with Gasteiger partial charge < -0.3 is 24.7 Å². The molecule has 174 valence electrons. The lowest BCUT2D eigenvalue weighted by Gasteiger charge is -2.14. The number of imidazole rings is 1. The first-order valence-corrected chi connectivity index (χ1v) is 10.8. The number of aliphatic imine (C=N–C) groups is 1. The van der Waals surface area contributed by atoms with Crippen LogP contribution in [-0.2, 0) is 24.9 Å². The molecule has 1 heterocycles. The Morgan fingerprint density at radius 1 is 1.12 bits per heavy atom. The van der Waals surface area contributed by atoms with E-state index in [4.69, 9.17) is 19.5 Å². The molecule has 7 nitrogen and oxygen atoms in total. The van der Waals surface area contributed by atoms with Crippen molar-refractivity contribution in [3.8, 4) is 5.75 Å². The Hall–Kier alpha value is -2.33. The van der Waals surface area contributed by atoms with E-state index >= 15 is 0 Å². The number of rotatable bonds is 10. The largest absolute Gasteiger partial charge is 0.493 e. The summed E-state index contributed by atoms with van der Waals surface area (Å²) in [6.07, 6.45) is 0.857. The summed E-state index contributed by atoms with van der Waals surface area (Å²) < 4.78 is 13.2. The zero-order valence-corrected chi connectivity index (χ0v) is 21.7. The van der Waals surface area contributed by atoms with Crippen molar-refractivity contribution < 1.29 is 9.47 Å². The van der Waals surface area contributed by atoms with Gasteiger partial charge in [0.1, 0.15) is 11.6 Å². The van der Waals surface area contributed by atoms with E-state index in [1.165, 1.54) is 5.56 Å². The van der Waals surface area contributed by atoms with Crippen LogP contribution < -0.4 is 15.4 Å². The Balaban J connectivity index is 0.00000363. The first-order valence-electron chi connectivity index (χ1n) is 10.8. The number of benzene rings is 2. The fourth-order valence-electron chi connectivity index (χ4n) is 3.33. The van der Waals surface area contributed by atoms with Crippen LogP contribution in [-0.4, -0.2) is 42.4 Å². The Morgan fingerprint density at radius 3 is 2.69 bits per heavy atom. The highest BCUT2D eigenvalue weighted by molar-refractivity contribution is 14.0. The number of halogens is 1. The second-order valence-corrected chi connectivity index (χ2v) is 7.43. The van der Waals surface area contributed by atoms with Crippen molar-refractivity contribution in [1.82, 2.24) is 20.2 Å². The van der Waals surface area contributed by atoms with Gasteiger partial charge >= 0.3 is 0 Å². The average Bonchev–Trinajstić information content (AvgIpc) is 3.10. The van der Waals surface area contributed by atoms with Crippen LogP contribution >= 0.6 is 24.0 Å². The smallest absolute Gasteiger partial charge is 0.191 e. The minimum absolute atomic E-state index is 0. The molecule has 0 radical (unpaired) electrons. The number of hydrogen-bond acceptors (Lipinski definition) is 4. The molecular formula is C24H34IN5O2. The highest BCUT2D eigenvalue weighted by atomic mass is 127. The Morgan fingerprint density at radius 2 is 1.94 bits per heavy atom. The van der Waals surface area contributed by atoms with E-state index in [0.29, 0.717) is 26.3 Å². The maximum absolute atomic E-state index is 5.99. The maximum atomic E-state index is 5.99. The van der Waals surface area contributed by atoms with Crippen LogP contribution in [0.1, 0.15) is 30.3 Å². The molecule has 3 aromatic rings. The molecule has 0 aliphatic heterocycles. The molecule has 0 saturated carbocycles. The van der Waals surface area contributed by atoms with E-state index in [9.17, 15) is 0 Å². The molecule has 2 aromatic carbocycles. The predicted molar refractivity (Wildman–Crippen MR) is 141 cm³/mol. The second-order valence-electron chi connectivity index (χ2n) is 7.43. The number of guanidine groups is 1. The Kier molecular flexibility index (Phi) is 10.8. The first-order chi connectivity index (χ1) is 15.1. The summed E-state index contributed by atoms with van der Waals surface area (Å²) in [5, 5.41) is 6.71. The number of nitrogens with zero attached hydrogens (tertiary/aromatic N) is 3. The number of nitrogens with one attached hydrogen (secondary N) is 2. The number of methoxy groups -OCH3 is 1. The number of fused-ring (bicyclic) bond motifs is 1. The van der Waals surface area contributed by atoms with Gasteiger partial charge in [0.05, 0.1) is 30.7 Å². The summed E-state index contributed by atoms with van der Waals surface area (Å²) in [5.74, 6) is 2.59. The number of ether oxygens (including phenoxy) is 2. The van der Waals surface area contributed by atoms with Crippen molar-refractivity contribution in [2.45, 2.75) is 33.4 Å². The van der Waals surface area contributed by atoms with Crippen LogP contribution in [0.15, 0.2) is 47.5 Å². The standard InChI is InChI=1S/C24H33N5O2.HI/c1-5-25-24(27-17-23-28-20-9-6-7-10-21(20)29(23)3)26-16-19-12-11-18(2)15-22(19)31-14-8-13-30-4;/h6-7,9-12,15H,5,8,13-14,16-17H2,1-4H3,(H2,25,26,27);1H. The lowest BCUT2D eigenvalue weighted by Crippen LogP contribution is -2.37. The maximum Gasteiger partial charge on any atom is 0.191 e. The quantitative estimate of drug-likeness (QED) is 0.171. The normalized spacial score (nSPS) is 11.3. The Labute approximate surface area is 207 Å². The van der Waals surface area contributed by atoms with Gasteiger partial charge in [0.2, 0.25) is 0 Å². The third-order valence-corrected chi connectivity index (χ3v) is 5.02. The molecule has 0 saturated heterocycles. The van der Waals surface area contributed by atoms with Gasteiger partial charge in [-0.2, -0.15) is 0 Å². The average molecular weight is 551 g/mol. The van der Waals surface area contributed by atoms with Gasteiger partial charge in [0, 0.05) is 39.3 Å². The molecule has 3 rings (SSSR count). The summed E-state index contributed by atoms with van der Waals surface area (Å²) in [5.41, 5.74) is 4.35. The van der Waals surface area contributed by atoms with Crippen molar-refractivity contribution >= 4 is 41.0 Å². The molecule has 0 atom stereocenters. The fourth-order valence-corrected chi connectivity index (χ4v) is 3.33. The van der Waals surface area contributed by atoms with Crippen molar-refractivity contribution in [2.24, 2.45) is 12.0 Å². The van der Waals surface area contributed by atoms with Gasteiger partial charge in [-0.05, 0) is 37.6 Å². The van der Waals surface area contributed by atoms with Crippen molar-refractivity contribution in [3.05, 3.63) is 59.4 Å². The number of aromatic nitrogens is 2. The summed E-state index contributed by atoms with van der Waals surface area (Å²) in [6, 6.07) is 14.4. The van der Waals surface area contributed by atoms with E-state index in [1.807, 2.05) is 25.2 Å². The number of aryl methyl sites for hydroxylation is 2. The highest BCUT2D eigenvalue weighted by Crippen LogP contribution is 2.21. The molecule has 0 unspecified atom stereocenters. The van der Waals surface area contributed by atoms with Crippen LogP contribution in [0.5, 0.6) is 5.75 Å². The summed E-state index contributed by atoms with van der Waals surface area (Å²) in [7, 11) is 3.74. The first kappa shape index (κ1) is 25.9. The molecule has 0 spiro atoms. The predicted octanol–water partition coefficient (Wildman–Crippen LogP) is 4.17. The minimum Gasteiger partial charge on any atom is -0.493 e. The molecule has 1 aromatic heterocycles. The topological polar surface area (TPSA) is 72.7 Å². The van der Waals surface area contributed by atoms with E-state index in [0.717, 1.165) is 47.1 Å². The van der Waals surface area contributed by atoms with Crippen LogP contribution in [0, 0.1) is 6.92 Å². The molecule has 0 fully saturated rings. The van der Waals surface area contributed by atoms with Gasteiger partial charge in [0.25, 0.3) is 0 Å². The minimum atomic E-state index is 0. The van der Waals surface area contributed by atoms with Crippen LogP contribution in [0.3, 0.4) is 0 Å². The van der Waals surface area contributed by atoms with E-state index in [2.05, 4.69) is 53.3 Å². The summed E-state index contributed by atoms with van der Waals surface area (Å²) in [6.45, 7) is 7.33. The molecule has 0 aliphatic rings. The fraction of sp³-hybridized carbons (Fsp3) is 0.417. The molecule has 0 bridgehead atoms. The molecule has 2 N–H and O–H groups in total. The zero-order valence-electron chi connectivity index (χ0n) is 19.4. The summed E-state index contributed by atoms with van der Waals surface area (Å²) in [4.78, 5) is 9.49. The summed E-state index contributed by atoms with van der Waals surface area (Å²) >= 11 is 0. The number of hydrogen-bond donors (Lipinski definition) is 2. The van der Waals surface area contributed by atoms with Gasteiger partial charge in [-0.1, -0.05) is 24.3 Å². The van der Waals surface area contributed by atoms with E-state index < -0.39 is 0 Å². The number of para-hydroxylation sites is 2. The molecule has 32 heavy (non-hydrogen) atoms. The third-order valence-electron chi connectivity index (χ3n) is 5.02. The van der Waals surface area contributed by atoms with Crippen LogP contribution in [0.2, 0.25) is 0 Å². The second kappa shape index (κ2) is 13.3.